The van der Waals surface area contributed by atoms with Gasteiger partial charge in [0.25, 0.3) is 0 Å². The fourth-order valence-corrected chi connectivity index (χ4v) is 3.85. The molecule has 0 aliphatic rings. The van der Waals surface area contributed by atoms with Crippen LogP contribution >= 0.6 is 54.8 Å². The lowest BCUT2D eigenvalue weighted by atomic mass is 10.1. The van der Waals surface area contributed by atoms with Gasteiger partial charge in [0.2, 0.25) is 0 Å². The average Bonchev–Trinajstić information content (AvgIpc) is 2.58. The first-order valence-corrected chi connectivity index (χ1v) is 7.66. The van der Waals surface area contributed by atoms with Crippen LogP contribution < -0.4 is 0 Å². The Kier molecular flexibility index (Phi) is 4.31. The number of benzene rings is 1. The van der Waals surface area contributed by atoms with Crippen LogP contribution in [0.25, 0.3) is 0 Å². The number of hydrogen-bond acceptors (Lipinski definition) is 2. The summed E-state index contributed by atoms with van der Waals surface area (Å²) in [5.41, 5.74) is 1.85. The van der Waals surface area contributed by atoms with Gasteiger partial charge in [-0.1, -0.05) is 33.6 Å². The molecule has 0 saturated carbocycles. The SMILES string of the molecule is Cc1cc(C(O)c2ccc(Br)cc2Cl)sc1Br. The summed E-state index contributed by atoms with van der Waals surface area (Å²) in [7, 11) is 0. The van der Waals surface area contributed by atoms with Gasteiger partial charge in [-0.15, -0.1) is 11.3 Å². The summed E-state index contributed by atoms with van der Waals surface area (Å²) >= 11 is 14.5. The summed E-state index contributed by atoms with van der Waals surface area (Å²) in [5.74, 6) is 0. The molecule has 1 aromatic heterocycles. The molecule has 1 heterocycles. The van der Waals surface area contributed by atoms with Gasteiger partial charge in [-0.25, -0.2) is 0 Å². The molecule has 2 rings (SSSR count). The van der Waals surface area contributed by atoms with Gasteiger partial charge in [-0.05, 0) is 46.6 Å². The normalized spacial score (nSPS) is 12.8. The Morgan fingerprint density at radius 2 is 2.00 bits per heavy atom. The third-order valence-corrected chi connectivity index (χ3v) is 5.41. The number of aryl methyl sites for hydroxylation is 1. The maximum atomic E-state index is 10.3. The lowest BCUT2D eigenvalue weighted by molar-refractivity contribution is 0.224. The minimum atomic E-state index is -0.675. The molecule has 1 aromatic carbocycles. The summed E-state index contributed by atoms with van der Waals surface area (Å²) in [4.78, 5) is 0.888. The summed E-state index contributed by atoms with van der Waals surface area (Å²) < 4.78 is 1.95. The average molecular weight is 397 g/mol. The van der Waals surface area contributed by atoms with Crippen LogP contribution in [0.15, 0.2) is 32.5 Å². The molecule has 0 aliphatic heterocycles. The van der Waals surface area contributed by atoms with Gasteiger partial charge in [0.1, 0.15) is 6.10 Å². The molecular formula is C12H9Br2ClOS. The highest BCUT2D eigenvalue weighted by Crippen LogP contribution is 2.37. The van der Waals surface area contributed by atoms with Gasteiger partial charge in [-0.3, -0.25) is 0 Å². The van der Waals surface area contributed by atoms with Gasteiger partial charge >= 0.3 is 0 Å². The Labute approximate surface area is 126 Å². The highest BCUT2D eigenvalue weighted by Gasteiger charge is 2.17. The molecular weight excluding hydrogens is 387 g/mol. The van der Waals surface area contributed by atoms with Crippen LogP contribution in [0.5, 0.6) is 0 Å². The standard InChI is InChI=1S/C12H9Br2ClOS/c1-6-4-10(17-12(6)14)11(16)8-3-2-7(13)5-9(8)15/h2-5,11,16H,1H3. The maximum absolute atomic E-state index is 10.3. The van der Waals surface area contributed by atoms with E-state index in [4.69, 9.17) is 11.6 Å². The van der Waals surface area contributed by atoms with Crippen molar-refractivity contribution in [2.75, 3.05) is 0 Å². The third kappa shape index (κ3) is 2.93. The van der Waals surface area contributed by atoms with E-state index in [1.54, 1.807) is 6.07 Å². The minimum absolute atomic E-state index is 0.564. The molecule has 1 unspecified atom stereocenters. The van der Waals surface area contributed by atoms with Crippen LogP contribution in [0.2, 0.25) is 5.02 Å². The van der Waals surface area contributed by atoms with E-state index in [1.165, 1.54) is 11.3 Å². The molecule has 0 aliphatic carbocycles. The first kappa shape index (κ1) is 13.6. The number of aliphatic hydroxyl groups excluding tert-OH is 1. The third-order valence-electron chi connectivity index (χ3n) is 2.40. The van der Waals surface area contributed by atoms with Gasteiger partial charge < -0.3 is 5.11 Å². The Morgan fingerprint density at radius 3 is 2.53 bits per heavy atom. The Balaban J connectivity index is 2.39. The van der Waals surface area contributed by atoms with Crippen molar-refractivity contribution < 1.29 is 5.11 Å². The molecule has 1 atom stereocenters. The van der Waals surface area contributed by atoms with Crippen molar-refractivity contribution in [1.82, 2.24) is 0 Å². The highest BCUT2D eigenvalue weighted by molar-refractivity contribution is 9.11. The summed E-state index contributed by atoms with van der Waals surface area (Å²) in [6.45, 7) is 2.00. The molecule has 0 saturated heterocycles. The van der Waals surface area contributed by atoms with E-state index in [1.807, 2.05) is 25.1 Å². The molecule has 17 heavy (non-hydrogen) atoms. The van der Waals surface area contributed by atoms with Crippen LogP contribution in [0.4, 0.5) is 0 Å². The second kappa shape index (κ2) is 5.41. The number of aliphatic hydroxyl groups is 1. The summed E-state index contributed by atoms with van der Waals surface area (Å²) in [5, 5.41) is 10.9. The van der Waals surface area contributed by atoms with Crippen LogP contribution in [0.1, 0.15) is 22.1 Å². The van der Waals surface area contributed by atoms with Crippen molar-refractivity contribution in [2.24, 2.45) is 0 Å². The van der Waals surface area contributed by atoms with E-state index < -0.39 is 6.10 Å². The number of thiophene rings is 1. The Morgan fingerprint density at radius 1 is 1.29 bits per heavy atom. The molecule has 90 valence electrons. The van der Waals surface area contributed by atoms with E-state index in [2.05, 4.69) is 31.9 Å². The number of rotatable bonds is 2. The molecule has 0 radical (unpaired) electrons. The van der Waals surface area contributed by atoms with Crippen molar-refractivity contribution in [3.8, 4) is 0 Å². The molecule has 2 aromatic rings. The van der Waals surface area contributed by atoms with Crippen molar-refractivity contribution in [2.45, 2.75) is 13.0 Å². The van der Waals surface area contributed by atoms with Crippen LogP contribution in [0, 0.1) is 6.92 Å². The highest BCUT2D eigenvalue weighted by atomic mass is 79.9. The summed E-state index contributed by atoms with van der Waals surface area (Å²) in [6, 6.07) is 7.47. The molecule has 0 bridgehead atoms. The molecule has 0 spiro atoms. The lowest BCUT2D eigenvalue weighted by Crippen LogP contribution is -1.97. The van der Waals surface area contributed by atoms with Crippen molar-refractivity contribution in [3.05, 3.63) is 53.6 Å². The molecule has 5 heteroatoms. The second-order valence-electron chi connectivity index (χ2n) is 3.67. The first-order chi connectivity index (χ1) is 7.99. The molecule has 1 nitrogen and oxygen atoms in total. The van der Waals surface area contributed by atoms with Gasteiger partial charge in [0, 0.05) is 19.9 Å². The second-order valence-corrected chi connectivity index (χ2v) is 7.40. The Bertz CT molecular complexity index is 534. The van der Waals surface area contributed by atoms with E-state index in [9.17, 15) is 5.11 Å². The predicted octanol–water partition coefficient (Wildman–Crippen LogP) is 5.32. The quantitative estimate of drug-likeness (QED) is 0.729. The number of halogens is 3. The van der Waals surface area contributed by atoms with Gasteiger partial charge in [0.15, 0.2) is 0 Å². The lowest BCUT2D eigenvalue weighted by Gasteiger charge is -2.11. The van der Waals surface area contributed by atoms with Crippen LogP contribution in [-0.2, 0) is 0 Å². The largest absolute Gasteiger partial charge is 0.383 e. The smallest absolute Gasteiger partial charge is 0.115 e. The zero-order valence-corrected chi connectivity index (χ0v) is 13.6. The molecule has 0 fully saturated rings. The van der Waals surface area contributed by atoms with Gasteiger partial charge in [0.05, 0.1) is 3.79 Å². The maximum Gasteiger partial charge on any atom is 0.115 e. The van der Waals surface area contributed by atoms with E-state index in [0.29, 0.717) is 5.02 Å². The monoisotopic (exact) mass is 394 g/mol. The first-order valence-electron chi connectivity index (χ1n) is 4.88. The van der Waals surface area contributed by atoms with Crippen LogP contribution in [0.3, 0.4) is 0 Å². The topological polar surface area (TPSA) is 20.2 Å². The predicted molar refractivity (Wildman–Crippen MR) is 80.0 cm³/mol. The minimum Gasteiger partial charge on any atom is -0.383 e. The van der Waals surface area contributed by atoms with Crippen molar-refractivity contribution >= 4 is 54.8 Å². The molecule has 0 amide bonds. The zero-order valence-electron chi connectivity index (χ0n) is 8.88. The summed E-state index contributed by atoms with van der Waals surface area (Å²) in [6.07, 6.45) is -0.675. The molecule has 1 N–H and O–H groups in total. The van der Waals surface area contributed by atoms with E-state index >= 15 is 0 Å². The number of hydrogen-bond donors (Lipinski definition) is 1. The van der Waals surface area contributed by atoms with Crippen molar-refractivity contribution in [1.29, 1.82) is 0 Å². The van der Waals surface area contributed by atoms with Gasteiger partial charge in [-0.2, -0.15) is 0 Å². The van der Waals surface area contributed by atoms with Crippen LogP contribution in [-0.4, -0.2) is 5.11 Å². The fourth-order valence-electron chi connectivity index (χ4n) is 1.49. The fraction of sp³-hybridized carbons (Fsp3) is 0.167. The zero-order chi connectivity index (χ0) is 12.6. The van der Waals surface area contributed by atoms with E-state index in [0.717, 1.165) is 24.3 Å². The van der Waals surface area contributed by atoms with E-state index in [-0.39, 0.29) is 0 Å². The van der Waals surface area contributed by atoms with Crippen molar-refractivity contribution in [3.63, 3.8) is 0 Å². The Hall–Kier alpha value is 0.130.